The van der Waals surface area contributed by atoms with Crippen LogP contribution < -0.4 is 9.64 Å². The molecule has 0 fully saturated rings. The molecule has 0 spiro atoms. The van der Waals surface area contributed by atoms with Gasteiger partial charge in [-0.1, -0.05) is 23.7 Å². The van der Waals surface area contributed by atoms with Gasteiger partial charge in [-0.3, -0.25) is 14.4 Å². The molecule has 0 aliphatic rings. The monoisotopic (exact) mass is 345 g/mol. The molecule has 6 heteroatoms. The molecular weight excluding hydrogens is 330 g/mol. The van der Waals surface area contributed by atoms with Crippen molar-refractivity contribution < 1.29 is 19.1 Å². The maximum Gasteiger partial charge on any atom is 0.308 e. The Kier molecular flexibility index (Phi) is 5.36. The molecule has 0 aliphatic carbocycles. The fourth-order valence-corrected chi connectivity index (χ4v) is 2.37. The van der Waals surface area contributed by atoms with E-state index in [1.165, 1.54) is 30.9 Å². The largest absolute Gasteiger partial charge is 0.426 e. The van der Waals surface area contributed by atoms with Crippen LogP contribution in [0.3, 0.4) is 0 Å². The number of nitrogens with zero attached hydrogens (tertiary/aromatic N) is 1. The fourth-order valence-electron chi connectivity index (χ4n) is 2.20. The Morgan fingerprint density at radius 2 is 1.67 bits per heavy atom. The van der Waals surface area contributed by atoms with Gasteiger partial charge in [-0.15, -0.1) is 0 Å². The lowest BCUT2D eigenvalue weighted by Crippen LogP contribution is -2.25. The van der Waals surface area contributed by atoms with Crippen molar-refractivity contribution in [2.24, 2.45) is 0 Å². The maximum atomic E-state index is 13.0. The Morgan fingerprint density at radius 3 is 2.29 bits per heavy atom. The van der Waals surface area contributed by atoms with Gasteiger partial charge in [0.05, 0.1) is 11.3 Å². The average Bonchev–Trinajstić information content (AvgIpc) is 2.53. The van der Waals surface area contributed by atoms with E-state index in [4.69, 9.17) is 16.3 Å². The Hall–Kier alpha value is -2.66. The third kappa shape index (κ3) is 3.81. The Bertz CT molecular complexity index is 816. The van der Waals surface area contributed by atoms with Gasteiger partial charge in [-0.25, -0.2) is 0 Å². The highest BCUT2D eigenvalue weighted by Gasteiger charge is 2.21. The Morgan fingerprint density at radius 1 is 1.00 bits per heavy atom. The number of carbonyl (C=O) groups excluding carboxylic acids is 3. The van der Waals surface area contributed by atoms with E-state index < -0.39 is 11.8 Å². The molecule has 0 aliphatic heterocycles. The van der Waals surface area contributed by atoms with E-state index in [9.17, 15) is 14.4 Å². The second kappa shape index (κ2) is 7.27. The first-order valence-electron chi connectivity index (χ1n) is 7.17. The number of benzene rings is 2. The molecular formula is C18H16ClNO4. The van der Waals surface area contributed by atoms with Crippen LogP contribution in [0, 0.1) is 0 Å². The topological polar surface area (TPSA) is 63.7 Å². The van der Waals surface area contributed by atoms with E-state index >= 15 is 0 Å². The van der Waals surface area contributed by atoms with Crippen molar-refractivity contribution in [2.45, 2.75) is 13.8 Å². The minimum Gasteiger partial charge on any atom is -0.426 e. The number of esters is 1. The quantitative estimate of drug-likeness (QED) is 0.483. The molecule has 0 radical (unpaired) electrons. The molecule has 2 aromatic carbocycles. The zero-order valence-corrected chi connectivity index (χ0v) is 14.3. The molecule has 0 saturated carbocycles. The lowest BCUT2D eigenvalue weighted by Gasteiger charge is -2.19. The summed E-state index contributed by atoms with van der Waals surface area (Å²) in [6.07, 6.45) is 0. The molecule has 2 rings (SSSR count). The second-order valence-corrected chi connectivity index (χ2v) is 5.59. The number of ketones is 1. The number of amides is 1. The first-order valence-corrected chi connectivity index (χ1v) is 7.55. The van der Waals surface area contributed by atoms with Crippen molar-refractivity contribution in [3.05, 3.63) is 58.6 Å². The van der Waals surface area contributed by atoms with Crippen LogP contribution in [-0.2, 0) is 9.59 Å². The van der Waals surface area contributed by atoms with E-state index in [1.807, 2.05) is 0 Å². The zero-order chi connectivity index (χ0) is 17.9. The highest BCUT2D eigenvalue weighted by molar-refractivity contribution is 6.31. The predicted molar refractivity (Wildman–Crippen MR) is 91.7 cm³/mol. The van der Waals surface area contributed by atoms with Gasteiger partial charge in [0, 0.05) is 31.5 Å². The molecule has 124 valence electrons. The molecule has 0 heterocycles. The van der Waals surface area contributed by atoms with Crippen molar-refractivity contribution in [1.29, 1.82) is 0 Å². The minimum absolute atomic E-state index is 0.159. The van der Waals surface area contributed by atoms with Gasteiger partial charge in [0.2, 0.25) is 5.91 Å². The number of anilines is 1. The van der Waals surface area contributed by atoms with Crippen LogP contribution in [0.15, 0.2) is 42.5 Å². The third-order valence-corrected chi connectivity index (χ3v) is 3.66. The molecule has 0 aromatic heterocycles. The van der Waals surface area contributed by atoms with Crippen LogP contribution >= 0.6 is 11.6 Å². The number of para-hydroxylation sites is 1. The van der Waals surface area contributed by atoms with Crippen LogP contribution in [0.25, 0.3) is 0 Å². The Balaban J connectivity index is 2.57. The van der Waals surface area contributed by atoms with Crippen molar-refractivity contribution in [2.75, 3.05) is 11.9 Å². The van der Waals surface area contributed by atoms with Gasteiger partial charge < -0.3 is 9.64 Å². The summed E-state index contributed by atoms with van der Waals surface area (Å²) in [6, 6.07) is 11.1. The molecule has 2 aromatic rings. The van der Waals surface area contributed by atoms with E-state index in [2.05, 4.69) is 0 Å². The van der Waals surface area contributed by atoms with Crippen LogP contribution in [0.2, 0.25) is 5.02 Å². The number of rotatable bonds is 4. The molecule has 1 amide bonds. The molecule has 0 saturated heterocycles. The molecule has 0 atom stereocenters. The second-order valence-electron chi connectivity index (χ2n) is 5.16. The number of ether oxygens (including phenoxy) is 1. The van der Waals surface area contributed by atoms with Gasteiger partial charge >= 0.3 is 5.97 Å². The summed E-state index contributed by atoms with van der Waals surface area (Å²) in [6.45, 7) is 2.66. The molecule has 0 bridgehead atoms. The van der Waals surface area contributed by atoms with E-state index in [0.29, 0.717) is 10.7 Å². The van der Waals surface area contributed by atoms with Crippen molar-refractivity contribution in [1.82, 2.24) is 0 Å². The summed E-state index contributed by atoms with van der Waals surface area (Å²) in [5.41, 5.74) is 0.891. The minimum atomic E-state index is -0.526. The number of hydrogen-bond acceptors (Lipinski definition) is 4. The highest BCUT2D eigenvalue weighted by atomic mass is 35.5. The molecule has 24 heavy (non-hydrogen) atoms. The van der Waals surface area contributed by atoms with Crippen molar-refractivity contribution >= 4 is 34.9 Å². The highest BCUT2D eigenvalue weighted by Crippen LogP contribution is 2.29. The van der Waals surface area contributed by atoms with E-state index in [0.717, 1.165) is 0 Å². The smallest absolute Gasteiger partial charge is 0.308 e. The van der Waals surface area contributed by atoms with Gasteiger partial charge in [-0.05, 0) is 30.3 Å². The zero-order valence-electron chi connectivity index (χ0n) is 13.5. The lowest BCUT2D eigenvalue weighted by molar-refractivity contribution is -0.131. The van der Waals surface area contributed by atoms with Gasteiger partial charge in [0.25, 0.3) is 0 Å². The average molecular weight is 346 g/mol. The van der Waals surface area contributed by atoms with E-state index in [-0.39, 0.29) is 22.8 Å². The first-order chi connectivity index (χ1) is 11.3. The predicted octanol–water partition coefficient (Wildman–Crippen LogP) is 3.48. The van der Waals surface area contributed by atoms with Gasteiger partial charge in [0.15, 0.2) is 5.78 Å². The van der Waals surface area contributed by atoms with Crippen LogP contribution in [0.5, 0.6) is 5.75 Å². The van der Waals surface area contributed by atoms with Crippen LogP contribution in [0.1, 0.15) is 29.8 Å². The standard InChI is InChI=1S/C18H16ClNO4/c1-11(21)20(3)16-9-8-13(19)10-15(16)18(23)14-6-4-5-7-17(14)24-12(2)22/h4-10H,1-3H3. The number of carbonyl (C=O) groups is 3. The number of hydrogen-bond donors (Lipinski definition) is 0. The maximum absolute atomic E-state index is 13.0. The fraction of sp³-hybridized carbons (Fsp3) is 0.167. The SMILES string of the molecule is CC(=O)Oc1ccccc1C(=O)c1cc(Cl)ccc1N(C)C(C)=O. The summed E-state index contributed by atoms with van der Waals surface area (Å²) in [4.78, 5) is 37.2. The summed E-state index contributed by atoms with van der Waals surface area (Å²) >= 11 is 6.02. The summed E-state index contributed by atoms with van der Waals surface area (Å²) in [5, 5.41) is 0.365. The van der Waals surface area contributed by atoms with Crippen LogP contribution in [-0.4, -0.2) is 24.7 Å². The van der Waals surface area contributed by atoms with Gasteiger partial charge in [-0.2, -0.15) is 0 Å². The lowest BCUT2D eigenvalue weighted by atomic mass is 10.00. The normalized spacial score (nSPS) is 10.2. The summed E-state index contributed by atoms with van der Waals surface area (Å²) in [7, 11) is 1.57. The summed E-state index contributed by atoms with van der Waals surface area (Å²) < 4.78 is 5.09. The first kappa shape index (κ1) is 17.7. The van der Waals surface area contributed by atoms with E-state index in [1.54, 1.807) is 37.4 Å². The Labute approximate surface area is 144 Å². The van der Waals surface area contributed by atoms with Crippen LogP contribution in [0.4, 0.5) is 5.69 Å². The summed E-state index contributed by atoms with van der Waals surface area (Å²) in [5.74, 6) is -0.981. The van der Waals surface area contributed by atoms with Crippen molar-refractivity contribution in [3.8, 4) is 5.75 Å². The third-order valence-electron chi connectivity index (χ3n) is 3.42. The molecule has 5 nitrogen and oxygen atoms in total. The molecule has 0 unspecified atom stereocenters. The molecule has 0 N–H and O–H groups in total. The number of halogens is 1. The van der Waals surface area contributed by atoms with Crippen molar-refractivity contribution in [3.63, 3.8) is 0 Å². The van der Waals surface area contributed by atoms with Gasteiger partial charge in [0.1, 0.15) is 5.75 Å².